The lowest BCUT2D eigenvalue weighted by Crippen LogP contribution is -2.12. The first kappa shape index (κ1) is 10.9. The highest BCUT2D eigenvalue weighted by molar-refractivity contribution is 6.04. The van der Waals surface area contributed by atoms with Crippen LogP contribution in [-0.4, -0.2) is 22.0 Å². The molecule has 0 spiro atoms. The molecule has 5 heteroatoms. The topological polar surface area (TPSA) is 79.3 Å². The fourth-order valence-electron chi connectivity index (χ4n) is 1.01. The number of carbonyl (C=O) groups excluding carboxylic acids is 1. The Morgan fingerprint density at radius 2 is 2.27 bits per heavy atom. The fraction of sp³-hybridized carbons (Fsp3) is 0.100. The molecular weight excluding hydrogens is 196 g/mol. The second-order valence-corrected chi connectivity index (χ2v) is 2.72. The van der Waals surface area contributed by atoms with E-state index in [0.29, 0.717) is 0 Å². The number of carbonyl (C=O) groups is 2. The van der Waals surface area contributed by atoms with Gasteiger partial charge in [-0.2, -0.15) is 0 Å². The van der Waals surface area contributed by atoms with E-state index in [1.54, 1.807) is 13.0 Å². The Bertz CT molecular complexity index is 413. The van der Waals surface area contributed by atoms with Gasteiger partial charge in [0.05, 0.1) is 17.4 Å². The van der Waals surface area contributed by atoms with Crippen molar-refractivity contribution in [1.29, 1.82) is 0 Å². The molecule has 0 atom stereocenters. The van der Waals surface area contributed by atoms with Gasteiger partial charge in [0.2, 0.25) is 5.91 Å². The quantitative estimate of drug-likeness (QED) is 0.730. The normalized spacial score (nSPS) is 10.2. The number of amides is 1. The van der Waals surface area contributed by atoms with Crippen LogP contribution in [-0.2, 0) is 4.79 Å². The Morgan fingerprint density at radius 3 is 2.87 bits per heavy atom. The Labute approximate surface area is 86.5 Å². The van der Waals surface area contributed by atoms with Crippen LogP contribution in [0.3, 0.4) is 0 Å². The van der Waals surface area contributed by atoms with Crippen LogP contribution in [0.2, 0.25) is 0 Å². The van der Waals surface area contributed by atoms with Gasteiger partial charge >= 0.3 is 5.97 Å². The monoisotopic (exact) mass is 206 g/mol. The van der Waals surface area contributed by atoms with Crippen LogP contribution < -0.4 is 5.32 Å². The van der Waals surface area contributed by atoms with E-state index in [9.17, 15) is 9.59 Å². The van der Waals surface area contributed by atoms with Crippen LogP contribution in [0.15, 0.2) is 30.6 Å². The highest BCUT2D eigenvalue weighted by Crippen LogP contribution is 2.12. The Balaban J connectivity index is 2.94. The highest BCUT2D eigenvalue weighted by atomic mass is 16.4. The number of pyridine rings is 1. The van der Waals surface area contributed by atoms with Crippen molar-refractivity contribution in [2.75, 3.05) is 5.32 Å². The number of hydrogen-bond donors (Lipinski definition) is 2. The molecule has 15 heavy (non-hydrogen) atoms. The minimum atomic E-state index is -1.10. The minimum absolute atomic E-state index is 0.0165. The molecule has 5 nitrogen and oxygen atoms in total. The molecule has 2 N–H and O–H groups in total. The number of nitrogens with zero attached hydrogens (tertiary/aromatic N) is 1. The van der Waals surface area contributed by atoms with Crippen molar-refractivity contribution in [2.45, 2.75) is 6.92 Å². The number of aromatic nitrogens is 1. The Hall–Kier alpha value is -2.17. The summed E-state index contributed by atoms with van der Waals surface area (Å²) < 4.78 is 0. The van der Waals surface area contributed by atoms with Gasteiger partial charge in [-0.3, -0.25) is 9.78 Å². The number of hydrogen-bond acceptors (Lipinski definition) is 3. The average Bonchev–Trinajstić information content (AvgIpc) is 2.18. The Morgan fingerprint density at radius 1 is 1.53 bits per heavy atom. The van der Waals surface area contributed by atoms with E-state index in [-0.39, 0.29) is 17.2 Å². The molecule has 0 bridgehead atoms. The van der Waals surface area contributed by atoms with Crippen LogP contribution in [0, 0.1) is 0 Å². The molecule has 1 rings (SSSR count). The van der Waals surface area contributed by atoms with Crippen molar-refractivity contribution in [1.82, 2.24) is 4.98 Å². The van der Waals surface area contributed by atoms with Gasteiger partial charge in [-0.15, -0.1) is 0 Å². The van der Waals surface area contributed by atoms with Crippen molar-refractivity contribution >= 4 is 17.6 Å². The molecule has 1 amide bonds. The largest absolute Gasteiger partial charge is 0.478 e. The summed E-state index contributed by atoms with van der Waals surface area (Å²) in [6.45, 7) is 1.70. The van der Waals surface area contributed by atoms with Gasteiger partial charge in [0, 0.05) is 6.20 Å². The predicted octanol–water partition coefficient (Wildman–Crippen LogP) is 1.29. The lowest BCUT2D eigenvalue weighted by Gasteiger charge is -2.04. The molecule has 0 unspecified atom stereocenters. The summed E-state index contributed by atoms with van der Waals surface area (Å²) in [6, 6.07) is 1.33. The third-order valence-electron chi connectivity index (χ3n) is 1.63. The molecule has 1 aromatic rings. The molecular formula is C10H10N2O3. The lowest BCUT2D eigenvalue weighted by molar-refractivity contribution is -0.111. The van der Waals surface area contributed by atoms with Gasteiger partial charge in [-0.05, 0) is 19.1 Å². The fourth-order valence-corrected chi connectivity index (χ4v) is 1.01. The van der Waals surface area contributed by atoms with Gasteiger partial charge in [0.15, 0.2) is 0 Å². The van der Waals surface area contributed by atoms with E-state index in [1.807, 2.05) is 0 Å². The van der Waals surface area contributed by atoms with Crippen LogP contribution in [0.4, 0.5) is 5.69 Å². The van der Waals surface area contributed by atoms with Crippen molar-refractivity contribution in [3.63, 3.8) is 0 Å². The Kier molecular flexibility index (Phi) is 3.56. The van der Waals surface area contributed by atoms with Crippen molar-refractivity contribution in [2.24, 2.45) is 0 Å². The van der Waals surface area contributed by atoms with Gasteiger partial charge in [-0.1, -0.05) is 6.08 Å². The van der Waals surface area contributed by atoms with Gasteiger partial charge in [0.25, 0.3) is 0 Å². The summed E-state index contributed by atoms with van der Waals surface area (Å²) in [5.74, 6) is -1.49. The van der Waals surface area contributed by atoms with E-state index in [4.69, 9.17) is 5.11 Å². The first-order valence-corrected chi connectivity index (χ1v) is 4.26. The summed E-state index contributed by atoms with van der Waals surface area (Å²) >= 11 is 0. The first-order valence-electron chi connectivity index (χ1n) is 4.26. The molecule has 0 fully saturated rings. The maximum absolute atomic E-state index is 11.2. The van der Waals surface area contributed by atoms with E-state index in [2.05, 4.69) is 10.3 Å². The molecule has 0 aromatic carbocycles. The van der Waals surface area contributed by atoms with Crippen LogP contribution in [0.25, 0.3) is 0 Å². The zero-order valence-electron chi connectivity index (χ0n) is 8.10. The summed E-state index contributed by atoms with van der Waals surface area (Å²) in [5, 5.41) is 11.2. The predicted molar refractivity (Wildman–Crippen MR) is 54.6 cm³/mol. The maximum Gasteiger partial charge on any atom is 0.337 e. The molecule has 0 saturated carbocycles. The lowest BCUT2D eigenvalue weighted by atomic mass is 10.2. The van der Waals surface area contributed by atoms with Gasteiger partial charge in [0.1, 0.15) is 0 Å². The van der Waals surface area contributed by atoms with Crippen molar-refractivity contribution in [3.05, 3.63) is 36.2 Å². The summed E-state index contributed by atoms with van der Waals surface area (Å²) in [6.07, 6.45) is 5.52. The molecule has 0 aliphatic heterocycles. The zero-order chi connectivity index (χ0) is 11.3. The third-order valence-corrected chi connectivity index (χ3v) is 1.63. The van der Waals surface area contributed by atoms with E-state index < -0.39 is 5.97 Å². The van der Waals surface area contributed by atoms with Crippen molar-refractivity contribution < 1.29 is 14.7 Å². The van der Waals surface area contributed by atoms with Gasteiger partial charge < -0.3 is 10.4 Å². The summed E-state index contributed by atoms with van der Waals surface area (Å²) in [5.41, 5.74) is 0.205. The minimum Gasteiger partial charge on any atom is -0.478 e. The SMILES string of the molecule is C/C=C/C(=O)Nc1cnccc1C(=O)O. The number of aromatic carboxylic acids is 1. The number of nitrogens with one attached hydrogen (secondary N) is 1. The summed E-state index contributed by atoms with van der Waals surface area (Å²) in [4.78, 5) is 25.7. The standard InChI is InChI=1S/C10H10N2O3/c1-2-3-9(13)12-8-6-11-5-4-7(8)10(14)15/h2-6H,1H3,(H,12,13)(H,14,15)/b3-2+. The number of carboxylic acid groups (broad SMARTS) is 1. The van der Waals surface area contributed by atoms with Crippen molar-refractivity contribution in [3.8, 4) is 0 Å². The number of rotatable bonds is 3. The third kappa shape index (κ3) is 2.91. The van der Waals surface area contributed by atoms with E-state index in [0.717, 1.165) is 0 Å². The molecule has 78 valence electrons. The second-order valence-electron chi connectivity index (χ2n) is 2.72. The number of anilines is 1. The average molecular weight is 206 g/mol. The maximum atomic E-state index is 11.2. The number of carboxylic acids is 1. The van der Waals surface area contributed by atoms with E-state index >= 15 is 0 Å². The molecule has 0 radical (unpaired) electrons. The second kappa shape index (κ2) is 4.90. The molecule has 0 saturated heterocycles. The van der Waals surface area contributed by atoms with E-state index in [1.165, 1.54) is 24.5 Å². The molecule has 1 aromatic heterocycles. The summed E-state index contributed by atoms with van der Waals surface area (Å²) in [7, 11) is 0. The smallest absolute Gasteiger partial charge is 0.337 e. The molecule has 0 aliphatic rings. The zero-order valence-corrected chi connectivity index (χ0v) is 8.10. The van der Waals surface area contributed by atoms with Crippen LogP contribution in [0.5, 0.6) is 0 Å². The number of allylic oxidation sites excluding steroid dienone is 1. The highest BCUT2D eigenvalue weighted by Gasteiger charge is 2.10. The molecule has 0 aliphatic carbocycles. The van der Waals surface area contributed by atoms with Crippen LogP contribution in [0.1, 0.15) is 17.3 Å². The first-order chi connectivity index (χ1) is 7.15. The van der Waals surface area contributed by atoms with Crippen LogP contribution >= 0.6 is 0 Å². The van der Waals surface area contributed by atoms with Gasteiger partial charge in [-0.25, -0.2) is 4.79 Å². The molecule has 1 heterocycles.